The molecule has 2 rings (SSSR count). The SMILES string of the molecule is CC(C)(C)N=NNc1cn([C@H]2O[C@@H](CO)[C@H](O)[C@@H]2O)c(=O)[nH]c1=O. The minimum absolute atomic E-state index is 0.0969. The Morgan fingerprint density at radius 1 is 1.33 bits per heavy atom. The summed E-state index contributed by atoms with van der Waals surface area (Å²) in [4.78, 5) is 25.8. The summed E-state index contributed by atoms with van der Waals surface area (Å²) in [5.41, 5.74) is 0.294. The number of anilines is 1. The number of aromatic amines is 1. The first-order valence-corrected chi connectivity index (χ1v) is 7.30. The standard InChI is InChI=1S/C13H21N5O6/c1-13(2,3)16-17-15-6-4-18(12(23)14-10(6)22)11-9(21)8(20)7(5-19)24-11/h4,7-9,11,19-21H,5H2,1-3H3,(H,15,16)(H,14,22,23)/t7-,8-,9-,11-/m0/s1. The van der Waals surface area contributed by atoms with Crippen LogP contribution in [0.2, 0.25) is 0 Å². The average molecular weight is 343 g/mol. The molecule has 0 unspecified atom stereocenters. The molecule has 0 aliphatic carbocycles. The monoisotopic (exact) mass is 343 g/mol. The van der Waals surface area contributed by atoms with Crippen molar-refractivity contribution in [2.24, 2.45) is 10.3 Å². The third-order valence-corrected chi connectivity index (χ3v) is 3.28. The van der Waals surface area contributed by atoms with Gasteiger partial charge < -0.3 is 20.1 Å². The van der Waals surface area contributed by atoms with Gasteiger partial charge in [0, 0.05) is 6.20 Å². The van der Waals surface area contributed by atoms with E-state index in [2.05, 4.69) is 20.7 Å². The molecule has 1 aromatic rings. The van der Waals surface area contributed by atoms with Crippen LogP contribution >= 0.6 is 0 Å². The molecule has 1 aliphatic heterocycles. The quantitative estimate of drug-likeness (QED) is 0.336. The highest BCUT2D eigenvalue weighted by atomic mass is 16.6. The predicted molar refractivity (Wildman–Crippen MR) is 82.6 cm³/mol. The fourth-order valence-corrected chi connectivity index (χ4v) is 2.09. The van der Waals surface area contributed by atoms with Crippen LogP contribution in [0.5, 0.6) is 0 Å². The first-order chi connectivity index (χ1) is 11.1. The van der Waals surface area contributed by atoms with Crippen molar-refractivity contribution in [3.8, 4) is 0 Å². The van der Waals surface area contributed by atoms with Gasteiger partial charge in [0.1, 0.15) is 24.0 Å². The molecule has 0 saturated carbocycles. The van der Waals surface area contributed by atoms with Crippen LogP contribution in [-0.2, 0) is 4.74 Å². The van der Waals surface area contributed by atoms with Crippen LogP contribution in [0.3, 0.4) is 0 Å². The minimum atomic E-state index is -1.45. The molecule has 11 nitrogen and oxygen atoms in total. The molecular weight excluding hydrogens is 322 g/mol. The molecule has 0 spiro atoms. The number of ether oxygens (including phenoxy) is 1. The van der Waals surface area contributed by atoms with Gasteiger partial charge in [0.15, 0.2) is 6.23 Å². The van der Waals surface area contributed by atoms with Gasteiger partial charge >= 0.3 is 5.69 Å². The van der Waals surface area contributed by atoms with Gasteiger partial charge in [0.25, 0.3) is 5.56 Å². The molecule has 0 aromatic carbocycles. The molecule has 11 heteroatoms. The maximum Gasteiger partial charge on any atom is 0.330 e. The van der Waals surface area contributed by atoms with Crippen LogP contribution in [0, 0.1) is 0 Å². The summed E-state index contributed by atoms with van der Waals surface area (Å²) >= 11 is 0. The van der Waals surface area contributed by atoms with Crippen molar-refractivity contribution in [1.82, 2.24) is 9.55 Å². The highest BCUT2D eigenvalue weighted by Crippen LogP contribution is 2.28. The average Bonchev–Trinajstić information content (AvgIpc) is 2.76. The number of rotatable bonds is 4. The van der Waals surface area contributed by atoms with E-state index >= 15 is 0 Å². The lowest BCUT2D eigenvalue weighted by Gasteiger charge is -2.17. The van der Waals surface area contributed by atoms with E-state index in [1.54, 1.807) is 0 Å². The zero-order valence-corrected chi connectivity index (χ0v) is 13.5. The van der Waals surface area contributed by atoms with Gasteiger partial charge in [0.2, 0.25) is 0 Å². The van der Waals surface area contributed by atoms with E-state index in [1.165, 1.54) is 0 Å². The topological polar surface area (TPSA) is 162 Å². The molecule has 4 atom stereocenters. The second kappa shape index (κ2) is 6.81. The minimum Gasteiger partial charge on any atom is -0.394 e. The molecule has 0 bridgehead atoms. The molecule has 134 valence electrons. The van der Waals surface area contributed by atoms with E-state index < -0.39 is 47.9 Å². The van der Waals surface area contributed by atoms with Crippen molar-refractivity contribution in [2.45, 2.75) is 50.8 Å². The summed E-state index contributed by atoms with van der Waals surface area (Å²) in [5.74, 6) is 0. The number of hydrogen-bond donors (Lipinski definition) is 5. The number of aliphatic hydroxyl groups excluding tert-OH is 3. The molecule has 1 aromatic heterocycles. The molecule has 24 heavy (non-hydrogen) atoms. The maximum absolute atomic E-state index is 11.9. The largest absolute Gasteiger partial charge is 0.394 e. The van der Waals surface area contributed by atoms with E-state index in [1.807, 2.05) is 20.8 Å². The van der Waals surface area contributed by atoms with Gasteiger partial charge in [-0.3, -0.25) is 19.8 Å². The zero-order chi connectivity index (χ0) is 18.1. The Kier molecular flexibility index (Phi) is 5.18. The molecule has 1 fully saturated rings. The lowest BCUT2D eigenvalue weighted by molar-refractivity contribution is -0.0549. The number of nitrogens with zero attached hydrogens (tertiary/aromatic N) is 3. The molecule has 5 N–H and O–H groups in total. The Balaban J connectivity index is 2.32. The van der Waals surface area contributed by atoms with Crippen molar-refractivity contribution < 1.29 is 20.1 Å². The lowest BCUT2D eigenvalue weighted by Crippen LogP contribution is -2.38. The third kappa shape index (κ3) is 3.87. The Bertz CT molecular complexity index is 721. The van der Waals surface area contributed by atoms with Gasteiger partial charge in [-0.05, 0) is 20.8 Å². The smallest absolute Gasteiger partial charge is 0.330 e. The van der Waals surface area contributed by atoms with Crippen molar-refractivity contribution in [3.63, 3.8) is 0 Å². The van der Waals surface area contributed by atoms with Gasteiger partial charge in [-0.2, -0.15) is 5.11 Å². The Morgan fingerprint density at radius 2 is 2.00 bits per heavy atom. The van der Waals surface area contributed by atoms with Gasteiger partial charge in [-0.15, -0.1) is 0 Å². The van der Waals surface area contributed by atoms with Crippen molar-refractivity contribution in [3.05, 3.63) is 27.0 Å². The summed E-state index contributed by atoms with van der Waals surface area (Å²) in [5, 5.41) is 36.4. The Labute approximate surface area is 136 Å². The Morgan fingerprint density at radius 3 is 2.54 bits per heavy atom. The van der Waals surface area contributed by atoms with E-state index in [0.29, 0.717) is 0 Å². The maximum atomic E-state index is 11.9. The first-order valence-electron chi connectivity index (χ1n) is 7.30. The second-order valence-corrected chi connectivity index (χ2v) is 6.42. The van der Waals surface area contributed by atoms with Crippen molar-refractivity contribution >= 4 is 5.69 Å². The van der Waals surface area contributed by atoms with Gasteiger partial charge in [0.05, 0.1) is 12.1 Å². The molecular formula is C13H21N5O6. The number of aromatic nitrogens is 2. The highest BCUT2D eigenvalue weighted by Gasteiger charge is 2.43. The van der Waals surface area contributed by atoms with Crippen LogP contribution in [0.15, 0.2) is 26.1 Å². The van der Waals surface area contributed by atoms with Crippen molar-refractivity contribution in [1.29, 1.82) is 0 Å². The third-order valence-electron chi connectivity index (χ3n) is 3.28. The van der Waals surface area contributed by atoms with Gasteiger partial charge in [-0.1, -0.05) is 5.22 Å². The van der Waals surface area contributed by atoms with E-state index in [0.717, 1.165) is 10.8 Å². The lowest BCUT2D eigenvalue weighted by atomic mass is 10.1. The second-order valence-electron chi connectivity index (χ2n) is 6.42. The van der Waals surface area contributed by atoms with Crippen LogP contribution in [0.1, 0.15) is 27.0 Å². The number of nitrogens with one attached hydrogen (secondary N) is 2. The van der Waals surface area contributed by atoms with Crippen LogP contribution in [-0.4, -0.2) is 55.3 Å². The number of aliphatic hydroxyl groups is 3. The molecule has 0 amide bonds. The summed E-state index contributed by atoms with van der Waals surface area (Å²) < 4.78 is 6.17. The van der Waals surface area contributed by atoms with Crippen LogP contribution in [0.25, 0.3) is 0 Å². The van der Waals surface area contributed by atoms with Crippen LogP contribution < -0.4 is 16.7 Å². The molecule has 1 aliphatic rings. The highest BCUT2D eigenvalue weighted by molar-refractivity contribution is 5.36. The summed E-state index contributed by atoms with van der Waals surface area (Å²) in [6.07, 6.45) is -4.02. The normalized spacial score (nSPS) is 27.8. The molecule has 2 heterocycles. The number of H-pyrrole nitrogens is 1. The predicted octanol–water partition coefficient (Wildman–Crippen LogP) is -1.27. The Hall–Kier alpha value is -2.08. The van der Waals surface area contributed by atoms with E-state index in [4.69, 9.17) is 9.84 Å². The fourth-order valence-electron chi connectivity index (χ4n) is 2.09. The zero-order valence-electron chi connectivity index (χ0n) is 13.5. The van der Waals surface area contributed by atoms with Gasteiger partial charge in [-0.25, -0.2) is 4.79 Å². The number of hydrogen-bond acceptors (Lipinski definition) is 8. The fraction of sp³-hybridized carbons (Fsp3) is 0.692. The molecule has 1 saturated heterocycles. The first kappa shape index (κ1) is 18.3. The van der Waals surface area contributed by atoms with E-state index in [9.17, 15) is 19.8 Å². The van der Waals surface area contributed by atoms with Crippen molar-refractivity contribution in [2.75, 3.05) is 12.0 Å². The summed E-state index contributed by atoms with van der Waals surface area (Å²) in [6, 6.07) is 0. The van der Waals surface area contributed by atoms with E-state index in [-0.39, 0.29) is 5.69 Å². The molecule has 0 radical (unpaired) electrons. The summed E-state index contributed by atoms with van der Waals surface area (Å²) in [7, 11) is 0. The van der Waals surface area contributed by atoms with Crippen LogP contribution in [0.4, 0.5) is 5.69 Å². The summed E-state index contributed by atoms with van der Waals surface area (Å²) in [6.45, 7) is 4.89.